The first-order valence-electron chi connectivity index (χ1n) is 6.33. The molecule has 5 heteroatoms. The smallest absolute Gasteiger partial charge is 0.224 e. The Kier molecular flexibility index (Phi) is 9.00. The highest BCUT2D eigenvalue weighted by Gasteiger charge is 2.02. The molecule has 0 aromatic heterocycles. The Labute approximate surface area is 121 Å². The number of carbonyl (C=O) groups is 1. The second-order valence-electron chi connectivity index (χ2n) is 4.45. The first-order valence-corrected chi connectivity index (χ1v) is 6.33. The molecule has 0 saturated carbocycles. The molecule has 2 N–H and O–H groups in total. The molecule has 0 radical (unpaired) electrons. The second-order valence-corrected chi connectivity index (χ2v) is 4.45. The number of hydrogen-bond donors (Lipinski definition) is 2. The van der Waals surface area contributed by atoms with E-state index >= 15 is 0 Å². The van der Waals surface area contributed by atoms with E-state index in [-0.39, 0.29) is 24.4 Å². The summed E-state index contributed by atoms with van der Waals surface area (Å²) < 4.78 is 5.53. The fourth-order valence-corrected chi connectivity index (χ4v) is 1.54. The van der Waals surface area contributed by atoms with Gasteiger partial charge in [-0.3, -0.25) is 4.79 Å². The monoisotopic (exact) mass is 286 g/mol. The maximum absolute atomic E-state index is 11.6. The van der Waals surface area contributed by atoms with Crippen LogP contribution in [0.1, 0.15) is 26.7 Å². The van der Waals surface area contributed by atoms with Gasteiger partial charge in [-0.1, -0.05) is 0 Å². The molecule has 0 aliphatic heterocycles. The van der Waals surface area contributed by atoms with Crippen molar-refractivity contribution in [2.75, 3.05) is 18.9 Å². The zero-order valence-electron chi connectivity index (χ0n) is 11.7. The van der Waals surface area contributed by atoms with Crippen LogP contribution in [0.4, 0.5) is 5.69 Å². The number of amides is 1. The number of rotatable bonds is 7. The average molecular weight is 287 g/mol. The van der Waals surface area contributed by atoms with Crippen molar-refractivity contribution in [3.63, 3.8) is 0 Å². The number of hydrogen-bond acceptors (Lipinski definition) is 3. The van der Waals surface area contributed by atoms with Gasteiger partial charge in [-0.2, -0.15) is 0 Å². The zero-order valence-corrected chi connectivity index (χ0v) is 12.5. The van der Waals surface area contributed by atoms with Gasteiger partial charge in [0.2, 0.25) is 5.91 Å². The molecule has 0 spiro atoms. The van der Waals surface area contributed by atoms with E-state index < -0.39 is 0 Å². The van der Waals surface area contributed by atoms with E-state index in [0.29, 0.717) is 6.42 Å². The molecule has 0 unspecified atom stereocenters. The molecule has 1 aromatic rings. The van der Waals surface area contributed by atoms with E-state index in [1.54, 1.807) is 0 Å². The van der Waals surface area contributed by atoms with E-state index in [2.05, 4.69) is 10.6 Å². The first-order chi connectivity index (χ1) is 8.61. The second kappa shape index (κ2) is 9.64. The minimum atomic E-state index is 0. The van der Waals surface area contributed by atoms with Crippen LogP contribution in [0.3, 0.4) is 0 Å². The molecular formula is C14H23ClN2O2. The van der Waals surface area contributed by atoms with Crippen molar-refractivity contribution in [3.05, 3.63) is 24.3 Å². The number of anilines is 1. The maximum Gasteiger partial charge on any atom is 0.224 e. The summed E-state index contributed by atoms with van der Waals surface area (Å²) in [7, 11) is 1.88. The molecule has 0 heterocycles. The summed E-state index contributed by atoms with van der Waals surface area (Å²) in [5.41, 5.74) is 0.806. The molecule has 1 amide bonds. The first kappa shape index (κ1) is 17.7. The lowest BCUT2D eigenvalue weighted by Gasteiger charge is -2.10. The summed E-state index contributed by atoms with van der Waals surface area (Å²) in [6, 6.07) is 7.44. The van der Waals surface area contributed by atoms with Gasteiger partial charge in [0.25, 0.3) is 0 Å². The topological polar surface area (TPSA) is 50.4 Å². The minimum Gasteiger partial charge on any atom is -0.491 e. The Morgan fingerprint density at radius 1 is 1.26 bits per heavy atom. The van der Waals surface area contributed by atoms with E-state index in [1.807, 2.05) is 45.2 Å². The lowest BCUT2D eigenvalue weighted by atomic mass is 10.2. The van der Waals surface area contributed by atoms with Gasteiger partial charge in [0.1, 0.15) is 5.75 Å². The van der Waals surface area contributed by atoms with Crippen LogP contribution in [-0.4, -0.2) is 25.6 Å². The van der Waals surface area contributed by atoms with Gasteiger partial charge in [0, 0.05) is 12.1 Å². The molecule has 0 saturated heterocycles. The van der Waals surface area contributed by atoms with Crippen LogP contribution in [0, 0.1) is 0 Å². The number of benzene rings is 1. The lowest BCUT2D eigenvalue weighted by Crippen LogP contribution is -2.15. The van der Waals surface area contributed by atoms with E-state index in [0.717, 1.165) is 24.4 Å². The molecule has 0 bridgehead atoms. The van der Waals surface area contributed by atoms with Gasteiger partial charge in [0.15, 0.2) is 0 Å². The van der Waals surface area contributed by atoms with Gasteiger partial charge in [-0.05, 0) is 58.1 Å². The zero-order chi connectivity index (χ0) is 13.4. The summed E-state index contributed by atoms with van der Waals surface area (Å²) >= 11 is 0. The normalized spacial score (nSPS) is 9.89. The van der Waals surface area contributed by atoms with Crippen molar-refractivity contribution < 1.29 is 9.53 Å². The third kappa shape index (κ3) is 7.70. The van der Waals surface area contributed by atoms with Crippen LogP contribution in [0.2, 0.25) is 0 Å². The molecule has 0 fully saturated rings. The molecule has 19 heavy (non-hydrogen) atoms. The molecule has 1 rings (SSSR count). The predicted molar refractivity (Wildman–Crippen MR) is 81.2 cm³/mol. The fourth-order valence-electron chi connectivity index (χ4n) is 1.54. The van der Waals surface area contributed by atoms with Crippen molar-refractivity contribution in [1.29, 1.82) is 0 Å². The van der Waals surface area contributed by atoms with Crippen molar-refractivity contribution in [2.45, 2.75) is 32.8 Å². The molecular weight excluding hydrogens is 264 g/mol. The Morgan fingerprint density at radius 2 is 1.89 bits per heavy atom. The van der Waals surface area contributed by atoms with Crippen LogP contribution in [0.5, 0.6) is 5.75 Å². The Bertz CT molecular complexity index is 366. The van der Waals surface area contributed by atoms with Crippen molar-refractivity contribution in [1.82, 2.24) is 5.32 Å². The highest BCUT2D eigenvalue weighted by molar-refractivity contribution is 5.90. The van der Waals surface area contributed by atoms with Gasteiger partial charge in [-0.15, -0.1) is 12.4 Å². The van der Waals surface area contributed by atoms with E-state index in [9.17, 15) is 4.79 Å². The Hall–Kier alpha value is -1.26. The van der Waals surface area contributed by atoms with Gasteiger partial charge in [-0.25, -0.2) is 0 Å². The van der Waals surface area contributed by atoms with E-state index in [1.165, 1.54) is 0 Å². The number of ether oxygens (including phenoxy) is 1. The van der Waals surface area contributed by atoms with Gasteiger partial charge < -0.3 is 15.4 Å². The SMILES string of the molecule is CNCCCC(=O)Nc1ccc(OC(C)C)cc1.Cl. The van der Waals surface area contributed by atoms with Gasteiger partial charge in [0.05, 0.1) is 6.10 Å². The third-order valence-electron chi connectivity index (χ3n) is 2.34. The van der Waals surface area contributed by atoms with Crippen molar-refractivity contribution in [2.24, 2.45) is 0 Å². The van der Waals surface area contributed by atoms with Gasteiger partial charge >= 0.3 is 0 Å². The molecule has 1 aromatic carbocycles. The molecule has 0 aliphatic rings. The Balaban J connectivity index is 0.00000324. The van der Waals surface area contributed by atoms with Crippen molar-refractivity contribution >= 4 is 24.0 Å². The molecule has 0 aliphatic carbocycles. The fraction of sp³-hybridized carbons (Fsp3) is 0.500. The van der Waals surface area contributed by atoms with Crippen LogP contribution >= 0.6 is 12.4 Å². The minimum absolute atomic E-state index is 0. The largest absolute Gasteiger partial charge is 0.491 e. The van der Waals surface area contributed by atoms with Crippen molar-refractivity contribution in [3.8, 4) is 5.75 Å². The van der Waals surface area contributed by atoms with Crippen LogP contribution in [0.15, 0.2) is 24.3 Å². The lowest BCUT2D eigenvalue weighted by molar-refractivity contribution is -0.116. The summed E-state index contributed by atoms with van der Waals surface area (Å²) in [5, 5.41) is 5.88. The molecule has 0 atom stereocenters. The number of halogens is 1. The molecule has 108 valence electrons. The average Bonchev–Trinajstić information content (AvgIpc) is 2.31. The van der Waals surface area contributed by atoms with Crippen LogP contribution < -0.4 is 15.4 Å². The summed E-state index contributed by atoms with van der Waals surface area (Å²) in [6.07, 6.45) is 1.54. The predicted octanol–water partition coefficient (Wildman–Crippen LogP) is 2.83. The highest BCUT2D eigenvalue weighted by Crippen LogP contribution is 2.17. The van der Waals surface area contributed by atoms with Crippen LogP contribution in [0.25, 0.3) is 0 Å². The number of carbonyl (C=O) groups excluding carboxylic acids is 1. The summed E-state index contributed by atoms with van der Waals surface area (Å²) in [6.45, 7) is 4.82. The summed E-state index contributed by atoms with van der Waals surface area (Å²) in [4.78, 5) is 11.6. The highest BCUT2D eigenvalue weighted by atomic mass is 35.5. The maximum atomic E-state index is 11.6. The molecule has 4 nitrogen and oxygen atoms in total. The number of nitrogens with one attached hydrogen (secondary N) is 2. The summed E-state index contributed by atoms with van der Waals surface area (Å²) in [5.74, 6) is 0.862. The van der Waals surface area contributed by atoms with Crippen LogP contribution in [-0.2, 0) is 4.79 Å². The quantitative estimate of drug-likeness (QED) is 0.758. The standard InChI is InChI=1S/C14H22N2O2.ClH/c1-11(2)18-13-8-6-12(7-9-13)16-14(17)5-4-10-15-3;/h6-9,11,15H,4-5,10H2,1-3H3,(H,16,17);1H. The Morgan fingerprint density at radius 3 is 2.42 bits per heavy atom. The third-order valence-corrected chi connectivity index (χ3v) is 2.34. The van der Waals surface area contributed by atoms with E-state index in [4.69, 9.17) is 4.74 Å².